The number of anilines is 1. The van der Waals surface area contributed by atoms with E-state index in [0.717, 1.165) is 10.4 Å². The number of hydrogen-bond donors (Lipinski definition) is 1. The third-order valence-corrected chi connectivity index (χ3v) is 3.25. The van der Waals surface area contributed by atoms with Crippen LogP contribution in [0.15, 0.2) is 39.1 Å². The summed E-state index contributed by atoms with van der Waals surface area (Å²) in [5, 5.41) is 0. The van der Waals surface area contributed by atoms with Crippen LogP contribution in [-0.2, 0) is 6.54 Å². The normalized spacial score (nSPS) is 11.1. The highest BCUT2D eigenvalue weighted by Gasteiger charge is 2.10. The van der Waals surface area contributed by atoms with Crippen molar-refractivity contribution in [2.24, 2.45) is 0 Å². The first-order valence-electron chi connectivity index (χ1n) is 5.00. The van der Waals surface area contributed by atoms with E-state index >= 15 is 0 Å². The minimum Gasteiger partial charge on any atom is -0.408 e. The Labute approximate surface area is 100 Å². The molecule has 2 heterocycles. The highest BCUT2D eigenvalue weighted by atomic mass is 32.1. The van der Waals surface area contributed by atoms with Crippen molar-refractivity contribution in [1.82, 2.24) is 9.55 Å². The van der Waals surface area contributed by atoms with Gasteiger partial charge in [-0.3, -0.25) is 9.55 Å². The molecule has 0 bridgehead atoms. The molecule has 2 N–H and O–H groups in total. The van der Waals surface area contributed by atoms with Crippen molar-refractivity contribution in [3.63, 3.8) is 0 Å². The third kappa shape index (κ3) is 1.72. The van der Waals surface area contributed by atoms with Crippen LogP contribution in [0.2, 0.25) is 0 Å². The fourth-order valence-electron chi connectivity index (χ4n) is 1.71. The van der Waals surface area contributed by atoms with Crippen molar-refractivity contribution in [2.45, 2.75) is 6.54 Å². The Morgan fingerprint density at radius 3 is 3.12 bits per heavy atom. The molecule has 0 unspecified atom stereocenters. The van der Waals surface area contributed by atoms with Crippen molar-refractivity contribution >= 4 is 28.1 Å². The molecule has 0 spiro atoms. The Kier molecular flexibility index (Phi) is 2.22. The lowest BCUT2D eigenvalue weighted by molar-refractivity contribution is 0.518. The quantitative estimate of drug-likeness (QED) is 0.699. The van der Waals surface area contributed by atoms with Gasteiger partial charge >= 0.3 is 5.76 Å². The molecule has 3 rings (SSSR count). The lowest BCUT2D eigenvalue weighted by atomic mass is 10.3. The minimum absolute atomic E-state index is 0.376. The van der Waals surface area contributed by atoms with E-state index in [1.54, 1.807) is 34.5 Å². The average Bonchev–Trinajstić information content (AvgIpc) is 2.88. The molecule has 0 radical (unpaired) electrons. The number of benzene rings is 1. The Morgan fingerprint density at radius 1 is 1.47 bits per heavy atom. The van der Waals surface area contributed by atoms with Gasteiger partial charge in [-0.15, -0.1) is 11.3 Å². The first-order chi connectivity index (χ1) is 8.24. The molecule has 2 aromatic heterocycles. The number of oxazole rings is 1. The second-order valence-electron chi connectivity index (χ2n) is 3.65. The van der Waals surface area contributed by atoms with Gasteiger partial charge < -0.3 is 10.2 Å². The fourth-order valence-corrected chi connectivity index (χ4v) is 2.29. The number of aromatic nitrogens is 2. The summed E-state index contributed by atoms with van der Waals surface area (Å²) in [7, 11) is 0. The Morgan fingerprint density at radius 2 is 2.35 bits per heavy atom. The Balaban J connectivity index is 2.16. The molecule has 5 nitrogen and oxygen atoms in total. The Hall–Kier alpha value is -2.08. The van der Waals surface area contributed by atoms with Crippen LogP contribution in [0, 0.1) is 0 Å². The van der Waals surface area contributed by atoms with Gasteiger partial charge in [0.15, 0.2) is 5.58 Å². The maximum absolute atomic E-state index is 11.7. The number of nitrogens with two attached hydrogens (primary N) is 1. The van der Waals surface area contributed by atoms with Crippen LogP contribution in [0.1, 0.15) is 4.88 Å². The summed E-state index contributed by atoms with van der Waals surface area (Å²) in [4.78, 5) is 16.7. The molecule has 0 aliphatic heterocycles. The monoisotopic (exact) mass is 247 g/mol. The predicted molar refractivity (Wildman–Crippen MR) is 66.1 cm³/mol. The molecule has 0 saturated carbocycles. The smallest absolute Gasteiger partial charge is 0.408 e. The summed E-state index contributed by atoms with van der Waals surface area (Å²) in [6.45, 7) is 0.473. The number of hydrogen-bond acceptors (Lipinski definition) is 5. The van der Waals surface area contributed by atoms with Crippen LogP contribution in [0.3, 0.4) is 0 Å². The van der Waals surface area contributed by atoms with Gasteiger partial charge in [0.1, 0.15) is 0 Å². The maximum atomic E-state index is 11.7. The van der Waals surface area contributed by atoms with Gasteiger partial charge in [0, 0.05) is 22.8 Å². The highest BCUT2D eigenvalue weighted by Crippen LogP contribution is 2.18. The van der Waals surface area contributed by atoms with Crippen LogP contribution in [-0.4, -0.2) is 9.55 Å². The first-order valence-corrected chi connectivity index (χ1v) is 5.88. The van der Waals surface area contributed by atoms with Gasteiger partial charge in [0.2, 0.25) is 0 Å². The average molecular weight is 247 g/mol. The van der Waals surface area contributed by atoms with Gasteiger partial charge in [-0.1, -0.05) is 0 Å². The molecule has 86 valence electrons. The second kappa shape index (κ2) is 3.74. The van der Waals surface area contributed by atoms with E-state index in [-0.39, 0.29) is 5.76 Å². The molecule has 17 heavy (non-hydrogen) atoms. The molecule has 0 aliphatic rings. The summed E-state index contributed by atoms with van der Waals surface area (Å²) >= 11 is 1.50. The largest absolute Gasteiger partial charge is 0.420 e. The van der Waals surface area contributed by atoms with Gasteiger partial charge in [-0.2, -0.15) is 0 Å². The van der Waals surface area contributed by atoms with Crippen molar-refractivity contribution in [1.29, 1.82) is 0 Å². The standard InChI is InChI=1S/C11H9N3O2S/c12-7-1-2-9-10(3-7)16-11(15)14(9)5-8-4-13-6-17-8/h1-4,6H,5,12H2. The first kappa shape index (κ1) is 10.1. The molecular weight excluding hydrogens is 238 g/mol. The lowest BCUT2D eigenvalue weighted by Gasteiger charge is -1.98. The number of nitrogen functional groups attached to an aromatic ring is 1. The van der Waals surface area contributed by atoms with Crippen molar-refractivity contribution < 1.29 is 4.42 Å². The molecule has 1 aromatic carbocycles. The molecule has 0 aliphatic carbocycles. The van der Waals surface area contributed by atoms with Gasteiger partial charge in [0.05, 0.1) is 17.6 Å². The second-order valence-corrected chi connectivity index (χ2v) is 4.62. The van der Waals surface area contributed by atoms with E-state index < -0.39 is 0 Å². The maximum Gasteiger partial charge on any atom is 0.420 e. The van der Waals surface area contributed by atoms with Crippen molar-refractivity contribution in [3.8, 4) is 0 Å². The summed E-state index contributed by atoms with van der Waals surface area (Å²) in [6.07, 6.45) is 1.74. The van der Waals surface area contributed by atoms with Crippen LogP contribution in [0.25, 0.3) is 11.1 Å². The lowest BCUT2D eigenvalue weighted by Crippen LogP contribution is -2.14. The minimum atomic E-state index is -0.376. The molecule has 0 saturated heterocycles. The van der Waals surface area contributed by atoms with E-state index in [1.807, 2.05) is 0 Å². The SMILES string of the molecule is Nc1ccc2c(c1)oc(=O)n2Cc1cncs1. The number of rotatable bonds is 2. The molecule has 3 aromatic rings. The van der Waals surface area contributed by atoms with Gasteiger partial charge in [-0.05, 0) is 12.1 Å². The fraction of sp³-hybridized carbons (Fsp3) is 0.0909. The van der Waals surface area contributed by atoms with Crippen LogP contribution in [0.4, 0.5) is 5.69 Å². The molecule has 0 fully saturated rings. The van der Waals surface area contributed by atoms with Crippen LogP contribution >= 0.6 is 11.3 Å². The van der Waals surface area contributed by atoms with Gasteiger partial charge in [-0.25, -0.2) is 4.79 Å². The van der Waals surface area contributed by atoms with E-state index in [0.29, 0.717) is 17.8 Å². The van der Waals surface area contributed by atoms with Crippen LogP contribution in [0.5, 0.6) is 0 Å². The molecular formula is C11H9N3O2S. The topological polar surface area (TPSA) is 74.0 Å². The zero-order valence-electron chi connectivity index (χ0n) is 8.79. The molecule has 0 atom stereocenters. The van der Waals surface area contributed by atoms with E-state index in [4.69, 9.17) is 10.2 Å². The summed E-state index contributed by atoms with van der Waals surface area (Å²) in [5.74, 6) is -0.376. The van der Waals surface area contributed by atoms with E-state index in [1.165, 1.54) is 11.3 Å². The zero-order valence-corrected chi connectivity index (χ0v) is 9.61. The molecule has 0 amide bonds. The third-order valence-electron chi connectivity index (χ3n) is 2.49. The zero-order chi connectivity index (χ0) is 11.8. The Bertz CT molecular complexity index is 712. The predicted octanol–water partition coefficient (Wildman–Crippen LogP) is 1.68. The summed E-state index contributed by atoms with van der Waals surface area (Å²) < 4.78 is 6.71. The summed E-state index contributed by atoms with van der Waals surface area (Å²) in [6, 6.07) is 5.19. The summed E-state index contributed by atoms with van der Waals surface area (Å²) in [5.41, 5.74) is 9.22. The van der Waals surface area contributed by atoms with Crippen molar-refractivity contribution in [2.75, 3.05) is 5.73 Å². The highest BCUT2D eigenvalue weighted by molar-refractivity contribution is 7.09. The number of thiazole rings is 1. The number of fused-ring (bicyclic) bond motifs is 1. The van der Waals surface area contributed by atoms with Crippen LogP contribution < -0.4 is 11.5 Å². The van der Waals surface area contributed by atoms with E-state index in [9.17, 15) is 4.79 Å². The molecule has 6 heteroatoms. The number of nitrogens with zero attached hydrogens (tertiary/aromatic N) is 2. The van der Waals surface area contributed by atoms with Gasteiger partial charge in [0.25, 0.3) is 0 Å². The van der Waals surface area contributed by atoms with E-state index in [2.05, 4.69) is 4.98 Å². The van der Waals surface area contributed by atoms with Crippen molar-refractivity contribution in [3.05, 3.63) is 45.3 Å².